The van der Waals surface area contributed by atoms with Gasteiger partial charge in [0.15, 0.2) is 11.5 Å². The molecule has 0 atom stereocenters. The molecule has 0 fully saturated rings. The van der Waals surface area contributed by atoms with Gasteiger partial charge in [-0.3, -0.25) is 0 Å². The first-order valence-electron chi connectivity index (χ1n) is 7.86. The van der Waals surface area contributed by atoms with E-state index in [1.807, 2.05) is 12.1 Å². The van der Waals surface area contributed by atoms with Crippen molar-refractivity contribution in [1.29, 1.82) is 0 Å². The van der Waals surface area contributed by atoms with Crippen LogP contribution < -0.4 is 9.47 Å². The minimum Gasteiger partial charge on any atom is -0.486 e. The second-order valence-corrected chi connectivity index (χ2v) is 5.81. The Morgan fingerprint density at radius 3 is 2.61 bits per heavy atom. The summed E-state index contributed by atoms with van der Waals surface area (Å²) in [5.41, 5.74) is 4.89. The van der Waals surface area contributed by atoms with Crippen molar-refractivity contribution in [2.75, 3.05) is 13.2 Å². The van der Waals surface area contributed by atoms with Crippen molar-refractivity contribution in [3.8, 4) is 11.5 Å². The van der Waals surface area contributed by atoms with Crippen LogP contribution in [-0.4, -0.2) is 17.8 Å². The maximum atomic E-state index is 5.65. The fraction of sp³-hybridized carbons (Fsp3) is 0.200. The molecular weight excluding hydrogens is 286 g/mol. The number of nitrogens with zero attached hydrogens (tertiary/aromatic N) is 1. The van der Waals surface area contributed by atoms with Gasteiger partial charge in [0.25, 0.3) is 0 Å². The van der Waals surface area contributed by atoms with E-state index in [-0.39, 0.29) is 0 Å². The zero-order valence-electron chi connectivity index (χ0n) is 13.4. The molecule has 3 nitrogen and oxygen atoms in total. The van der Waals surface area contributed by atoms with Crippen LogP contribution in [0.5, 0.6) is 11.5 Å². The highest BCUT2D eigenvalue weighted by molar-refractivity contribution is 5.93. The molecule has 0 saturated carbocycles. The largest absolute Gasteiger partial charge is 0.486 e. The average Bonchev–Trinajstić information content (AvgIpc) is 2.84. The number of rotatable bonds is 2. The van der Waals surface area contributed by atoms with Gasteiger partial charge >= 0.3 is 0 Å². The van der Waals surface area contributed by atoms with Gasteiger partial charge in [-0.05, 0) is 30.7 Å². The summed E-state index contributed by atoms with van der Waals surface area (Å²) in [4.78, 5) is 0. The molecule has 0 spiro atoms. The SMILES string of the molecule is Cc1c(C=Cc2ccc3c(c2)OCCO3)c2ccccc2n1C. The molecule has 2 aromatic carbocycles. The van der Waals surface area contributed by atoms with Crippen LogP contribution in [0.3, 0.4) is 0 Å². The molecule has 2 heterocycles. The van der Waals surface area contributed by atoms with E-state index in [1.54, 1.807) is 0 Å². The summed E-state index contributed by atoms with van der Waals surface area (Å²) in [7, 11) is 2.11. The van der Waals surface area contributed by atoms with Gasteiger partial charge in [0, 0.05) is 29.2 Å². The standard InChI is InChI=1S/C20H19NO2/c1-14-16(17-5-3-4-6-18(17)21(14)2)9-7-15-8-10-19-20(13-15)23-12-11-22-19/h3-10,13H,11-12H2,1-2H3. The van der Waals surface area contributed by atoms with Crippen molar-refractivity contribution in [3.63, 3.8) is 0 Å². The van der Waals surface area contributed by atoms with Crippen LogP contribution in [0.25, 0.3) is 23.1 Å². The summed E-state index contributed by atoms with van der Waals surface area (Å²) < 4.78 is 13.5. The number of ether oxygens (including phenoxy) is 2. The first kappa shape index (κ1) is 13.9. The van der Waals surface area contributed by atoms with Crippen molar-refractivity contribution < 1.29 is 9.47 Å². The van der Waals surface area contributed by atoms with E-state index in [0.29, 0.717) is 13.2 Å². The first-order chi connectivity index (χ1) is 11.2. The molecule has 23 heavy (non-hydrogen) atoms. The molecule has 0 saturated heterocycles. The molecule has 116 valence electrons. The zero-order valence-corrected chi connectivity index (χ0v) is 13.4. The number of aryl methyl sites for hydroxylation is 1. The normalized spacial score (nSPS) is 13.8. The van der Waals surface area contributed by atoms with Gasteiger partial charge in [-0.2, -0.15) is 0 Å². The topological polar surface area (TPSA) is 23.4 Å². The summed E-state index contributed by atoms with van der Waals surface area (Å²) in [6.45, 7) is 3.39. The lowest BCUT2D eigenvalue weighted by Gasteiger charge is -2.18. The van der Waals surface area contributed by atoms with E-state index >= 15 is 0 Å². The monoisotopic (exact) mass is 305 g/mol. The molecule has 0 aliphatic carbocycles. The van der Waals surface area contributed by atoms with E-state index in [4.69, 9.17) is 9.47 Å². The summed E-state index contributed by atoms with van der Waals surface area (Å²) in [6, 6.07) is 14.6. The summed E-state index contributed by atoms with van der Waals surface area (Å²) in [5, 5.41) is 1.28. The number of aromatic nitrogens is 1. The Labute approximate surface area is 135 Å². The minimum absolute atomic E-state index is 0.614. The molecule has 3 heteroatoms. The fourth-order valence-electron chi connectivity index (χ4n) is 3.10. The van der Waals surface area contributed by atoms with Crippen molar-refractivity contribution >= 4 is 23.1 Å². The van der Waals surface area contributed by atoms with Gasteiger partial charge in [-0.25, -0.2) is 0 Å². The Morgan fingerprint density at radius 2 is 1.74 bits per heavy atom. The van der Waals surface area contributed by atoms with Crippen LogP contribution in [0.2, 0.25) is 0 Å². The van der Waals surface area contributed by atoms with Crippen molar-refractivity contribution in [1.82, 2.24) is 4.57 Å². The van der Waals surface area contributed by atoms with E-state index < -0.39 is 0 Å². The molecule has 3 aromatic rings. The lowest BCUT2D eigenvalue weighted by molar-refractivity contribution is 0.171. The number of para-hydroxylation sites is 1. The summed E-state index contributed by atoms with van der Waals surface area (Å²) in [5.74, 6) is 1.66. The van der Waals surface area contributed by atoms with Gasteiger partial charge in [-0.15, -0.1) is 0 Å². The van der Waals surface area contributed by atoms with Crippen LogP contribution in [0, 0.1) is 6.92 Å². The van der Waals surface area contributed by atoms with E-state index in [1.165, 1.54) is 22.2 Å². The fourth-order valence-corrected chi connectivity index (χ4v) is 3.10. The van der Waals surface area contributed by atoms with Crippen LogP contribution in [-0.2, 0) is 7.05 Å². The van der Waals surface area contributed by atoms with Crippen LogP contribution in [0.1, 0.15) is 16.8 Å². The van der Waals surface area contributed by atoms with Crippen molar-refractivity contribution in [3.05, 3.63) is 59.3 Å². The molecule has 4 rings (SSSR count). The summed E-state index contributed by atoms with van der Waals surface area (Å²) >= 11 is 0. The summed E-state index contributed by atoms with van der Waals surface area (Å²) in [6.07, 6.45) is 4.32. The number of benzene rings is 2. The molecule has 0 radical (unpaired) electrons. The highest BCUT2D eigenvalue weighted by atomic mass is 16.6. The smallest absolute Gasteiger partial charge is 0.161 e. The third-order valence-corrected chi connectivity index (χ3v) is 4.46. The van der Waals surface area contributed by atoms with Gasteiger partial charge in [0.05, 0.1) is 0 Å². The predicted molar refractivity (Wildman–Crippen MR) is 94.0 cm³/mol. The molecule has 0 N–H and O–H groups in total. The van der Waals surface area contributed by atoms with Crippen LogP contribution in [0.4, 0.5) is 0 Å². The predicted octanol–water partition coefficient (Wildman–Crippen LogP) is 4.43. The Hall–Kier alpha value is -2.68. The second kappa shape index (κ2) is 5.51. The Balaban J connectivity index is 1.73. The van der Waals surface area contributed by atoms with Gasteiger partial charge < -0.3 is 14.0 Å². The van der Waals surface area contributed by atoms with Crippen molar-refractivity contribution in [2.45, 2.75) is 6.92 Å². The van der Waals surface area contributed by atoms with E-state index in [2.05, 4.69) is 61.0 Å². The Kier molecular flexibility index (Phi) is 3.34. The lowest BCUT2D eigenvalue weighted by Crippen LogP contribution is -2.15. The molecule has 1 aliphatic heterocycles. The molecule has 1 aromatic heterocycles. The van der Waals surface area contributed by atoms with Crippen LogP contribution >= 0.6 is 0 Å². The third-order valence-electron chi connectivity index (χ3n) is 4.46. The Morgan fingerprint density at radius 1 is 0.957 bits per heavy atom. The maximum absolute atomic E-state index is 5.65. The molecular formula is C20H19NO2. The quantitative estimate of drug-likeness (QED) is 0.699. The zero-order chi connectivity index (χ0) is 15.8. The number of fused-ring (bicyclic) bond motifs is 2. The van der Waals surface area contributed by atoms with Gasteiger partial charge in [0.2, 0.25) is 0 Å². The van der Waals surface area contributed by atoms with E-state index in [0.717, 1.165) is 17.1 Å². The molecule has 1 aliphatic rings. The molecule has 0 unspecified atom stereocenters. The van der Waals surface area contributed by atoms with Crippen molar-refractivity contribution in [2.24, 2.45) is 7.05 Å². The highest BCUT2D eigenvalue weighted by Crippen LogP contribution is 2.32. The van der Waals surface area contributed by atoms with E-state index in [9.17, 15) is 0 Å². The minimum atomic E-state index is 0.614. The first-order valence-corrected chi connectivity index (χ1v) is 7.86. The number of hydrogen-bond acceptors (Lipinski definition) is 2. The maximum Gasteiger partial charge on any atom is 0.161 e. The average molecular weight is 305 g/mol. The lowest BCUT2D eigenvalue weighted by atomic mass is 10.1. The Bertz CT molecular complexity index is 905. The highest BCUT2D eigenvalue weighted by Gasteiger charge is 2.11. The molecule has 0 bridgehead atoms. The molecule has 0 amide bonds. The second-order valence-electron chi connectivity index (χ2n) is 5.81. The van der Waals surface area contributed by atoms with Gasteiger partial charge in [0.1, 0.15) is 13.2 Å². The van der Waals surface area contributed by atoms with Gasteiger partial charge in [-0.1, -0.05) is 36.4 Å². The van der Waals surface area contributed by atoms with Crippen LogP contribution in [0.15, 0.2) is 42.5 Å². The number of hydrogen-bond donors (Lipinski definition) is 0. The third kappa shape index (κ3) is 2.38.